The van der Waals surface area contributed by atoms with Gasteiger partial charge in [-0.15, -0.1) is 25.3 Å². The topological polar surface area (TPSA) is 563 Å². The molecule has 4 atom stereocenters. The van der Waals surface area contributed by atoms with Crippen molar-refractivity contribution in [3.63, 3.8) is 0 Å². The van der Waals surface area contributed by atoms with Gasteiger partial charge >= 0.3 is 21.2 Å². The van der Waals surface area contributed by atoms with Gasteiger partial charge in [0.25, 0.3) is 23.9 Å². The largest absolute Gasteiger partial charge is 0.760 e. The molecule has 0 saturated heterocycles. The molecule has 34 nitrogen and oxygen atoms in total. The fourth-order valence-electron chi connectivity index (χ4n) is 12.4. The average Bonchev–Trinajstić information content (AvgIpc) is 1.60. The van der Waals surface area contributed by atoms with Crippen molar-refractivity contribution in [3.05, 3.63) is 243 Å². The van der Waals surface area contributed by atoms with Crippen LogP contribution in [0.3, 0.4) is 0 Å². The van der Waals surface area contributed by atoms with Gasteiger partial charge in [0.05, 0.1) is 89.7 Å². The molecule has 16 aromatic rings. The molecule has 8 N–H and O–H groups in total. The number of para-hydroxylation sites is 8. The first kappa shape index (κ1) is 118. The van der Waals surface area contributed by atoms with E-state index in [9.17, 15) is 35.0 Å². The van der Waals surface area contributed by atoms with Crippen LogP contribution in [0.2, 0.25) is 0 Å². The van der Waals surface area contributed by atoms with Gasteiger partial charge in [-0.05, 0) is 98.3 Å². The molecule has 4 aromatic heterocycles. The van der Waals surface area contributed by atoms with Gasteiger partial charge in [0.1, 0.15) is 0 Å². The van der Waals surface area contributed by atoms with Crippen LogP contribution in [0.5, 0.6) is 0 Å². The molecule has 0 amide bonds. The van der Waals surface area contributed by atoms with Crippen LogP contribution in [0.1, 0.15) is 97.9 Å². The average molecular weight is 1950 g/mol. The Balaban J connectivity index is 0.000000760. The maximum absolute atomic E-state index is 9.26. The van der Waals surface area contributed by atoms with E-state index in [-0.39, 0.29) is 14.9 Å². The molecule has 712 valence electrons. The van der Waals surface area contributed by atoms with Gasteiger partial charge in [-0.2, -0.15) is 0 Å². The smallest absolute Gasteiger partial charge is 0.425 e. The van der Waals surface area contributed by atoms with Crippen LogP contribution in [0.25, 0.3) is 177 Å². The van der Waals surface area contributed by atoms with E-state index in [1.54, 1.807) is 0 Å². The lowest BCUT2D eigenvalue weighted by Crippen LogP contribution is -2.07. The number of carboxylic acid groups (broad SMARTS) is 4. The number of aromatic nitrogens is 8. The zero-order valence-corrected chi connectivity index (χ0v) is 79.2. The van der Waals surface area contributed by atoms with E-state index in [1.165, 1.54) is 116 Å². The molecule has 12 aromatic carbocycles. The van der Waals surface area contributed by atoms with E-state index in [1.807, 2.05) is 171 Å². The van der Waals surface area contributed by atoms with Crippen molar-refractivity contribution >= 4 is 177 Å². The van der Waals surface area contributed by atoms with Crippen LogP contribution >= 0.6 is 0 Å². The number of benzene rings is 12. The van der Waals surface area contributed by atoms with Crippen molar-refractivity contribution in [2.24, 2.45) is 0 Å². The summed E-state index contributed by atoms with van der Waals surface area (Å²) in [5.74, 6) is -3.33. The third-order valence-corrected chi connectivity index (χ3v) is 17.9. The summed E-state index contributed by atoms with van der Waals surface area (Å²) >= 11 is -8.29. The highest BCUT2D eigenvalue weighted by Crippen LogP contribution is 2.49. The summed E-state index contributed by atoms with van der Waals surface area (Å²) in [5.41, 5.74) is 25.3. The Morgan fingerprint density at radius 3 is 0.396 bits per heavy atom. The second-order valence-electron chi connectivity index (χ2n) is 24.7. The second-order valence-corrected chi connectivity index (χ2v) is 29.0. The number of carboxylic acids is 4. The number of rotatable bonds is 4. The normalized spacial score (nSPS) is 10.7. The Labute approximate surface area is 789 Å². The Kier molecular flexibility index (Phi) is 54.8. The monoisotopic (exact) mass is 1940 g/mol. The number of nitrogens with one attached hydrogen (secondary N) is 4. The molecule has 0 saturated carbocycles. The number of carbonyl (C=O) groups is 4. The third-order valence-electron chi connectivity index (χ3n) is 16.6. The molecule has 40 heteroatoms. The fourth-order valence-corrected chi connectivity index (χ4v) is 12.4. The lowest BCUT2D eigenvalue weighted by molar-refractivity contribution is -0.135. The van der Waals surface area contributed by atoms with Gasteiger partial charge < -0.3 is 38.6 Å². The minimum Gasteiger partial charge on any atom is -0.760 e. The molecule has 4 aliphatic carbocycles. The Hall–Kier alpha value is -13.6. The van der Waals surface area contributed by atoms with Crippen molar-refractivity contribution in [3.8, 4) is 90.1 Å². The molecule has 0 spiro atoms. The molecule has 0 radical (unpaired) electrons. The summed E-state index contributed by atoms with van der Waals surface area (Å²) < 4.78 is 132. The Morgan fingerprint density at radius 1 is 0.224 bits per heavy atom. The Bertz CT molecular complexity index is 5860. The standard InChI is InChI=1S/4C18H10N2.4C2H4O2.4C2H6.4CH5NO2S.2CH4.2O3S/c4*1-2-10-15-14(9-1)19-17-12-7-3-5-11-6-4-8-13(16(11)12)18(17)20-15;4*1-2(3)4;4*1-2;4*1-2-5(3)4;;;2*1-4(2)3/h4*1-10H;4*1H3,(H,3,4);4*1-2H3;4*2H,1H3,(H,3,4);2*1H4;;/p-4. The highest BCUT2D eigenvalue weighted by molar-refractivity contribution is 7.77. The fraction of sp³-hybridized carbons (Fsp3) is 0.191. The first-order chi connectivity index (χ1) is 63.1. The van der Waals surface area contributed by atoms with Crippen LogP contribution in [0.4, 0.5) is 0 Å². The van der Waals surface area contributed by atoms with Crippen molar-refractivity contribution in [2.75, 3.05) is 28.2 Å². The predicted molar refractivity (Wildman–Crippen MR) is 529 cm³/mol. The van der Waals surface area contributed by atoms with Crippen LogP contribution in [0.15, 0.2) is 243 Å². The minimum atomic E-state index is -3.11. The Morgan fingerprint density at radius 2 is 0.313 bits per heavy atom. The molecular formula is C94H104N12O22S6-4. The predicted octanol–water partition coefficient (Wildman–Crippen LogP) is 17.5. The molecule has 134 heavy (non-hydrogen) atoms. The highest BCUT2D eigenvalue weighted by Gasteiger charge is 2.28. The highest BCUT2D eigenvalue weighted by atomic mass is 32.2. The summed E-state index contributed by atoms with van der Waals surface area (Å²) in [6.07, 6.45) is 0. The van der Waals surface area contributed by atoms with Gasteiger partial charge in [-0.25, -0.2) is 39.9 Å². The van der Waals surface area contributed by atoms with Crippen LogP contribution < -0.4 is 18.9 Å². The van der Waals surface area contributed by atoms with Gasteiger partial charge in [-0.3, -0.25) is 54.9 Å². The van der Waals surface area contributed by atoms with E-state index in [0.717, 1.165) is 117 Å². The SMILES string of the molecule is C.C.CC.CC.CC.CC.CC(=O)O.CC(=O)O.CC(=O)O.CC(=O)O.CNS(=O)[O-].CNS(=O)[O-].CNS(=O)[O-].CNS(=O)[O-].O=S(=O)=O.O=S(=O)=O.c1cc2c3c(cccc3c1)-c1nc3ccccc3nc1-2.c1cc2c3c(cccc3c1)-c1nc3ccccc3nc1-2.c1cc2c3c(cccc3c1)-c1nc3ccccc3nc1-2.c1cc2c3c(cccc3c1)-c1nc3ccccc3nc1-2. The summed E-state index contributed by atoms with van der Waals surface area (Å²) in [6, 6.07) is 83.2. The number of hydrogen-bond donors (Lipinski definition) is 8. The van der Waals surface area contributed by atoms with E-state index in [0.29, 0.717) is 0 Å². The third kappa shape index (κ3) is 35.5. The summed E-state index contributed by atoms with van der Waals surface area (Å²) in [7, 11) is -0.877. The summed E-state index contributed by atoms with van der Waals surface area (Å²) in [5, 5.41) is 39.8. The first-order valence-corrected chi connectivity index (χ1v) is 46.0. The van der Waals surface area contributed by atoms with Gasteiger partial charge in [0.15, 0.2) is 0 Å². The van der Waals surface area contributed by atoms with Gasteiger partial charge in [0.2, 0.25) is 0 Å². The van der Waals surface area contributed by atoms with Crippen molar-refractivity contribution in [1.82, 2.24) is 58.8 Å². The van der Waals surface area contributed by atoms with E-state index in [4.69, 9.17) is 105 Å². The van der Waals surface area contributed by atoms with Crippen LogP contribution in [0, 0.1) is 0 Å². The van der Waals surface area contributed by atoms with E-state index >= 15 is 0 Å². The molecule has 20 rings (SSSR count). The van der Waals surface area contributed by atoms with Gasteiger partial charge in [0, 0.05) is 139 Å². The van der Waals surface area contributed by atoms with Gasteiger partial charge in [-0.1, -0.05) is 264 Å². The molecule has 4 aliphatic rings. The maximum Gasteiger partial charge on any atom is 0.425 e. The molecule has 0 fully saturated rings. The van der Waals surface area contributed by atoms with Crippen LogP contribution in [-0.2, 0) is 85.5 Å². The lowest BCUT2D eigenvalue weighted by atomic mass is 10.0. The molecular weight excluding hydrogens is 1840 g/mol. The summed E-state index contributed by atoms with van der Waals surface area (Å²) in [4.78, 5) is 74.7. The quantitative estimate of drug-likeness (QED) is 0.0759. The zero-order valence-electron chi connectivity index (χ0n) is 74.3. The van der Waals surface area contributed by atoms with Crippen molar-refractivity contribution in [1.29, 1.82) is 0 Å². The lowest BCUT2D eigenvalue weighted by Gasteiger charge is -2.02. The van der Waals surface area contributed by atoms with Crippen LogP contribution in [-0.4, -0.2) is 173 Å². The number of aliphatic carboxylic acids is 4. The van der Waals surface area contributed by atoms with E-state index in [2.05, 4.69) is 146 Å². The molecule has 0 aliphatic heterocycles. The number of nitrogens with zero attached hydrogens (tertiary/aromatic N) is 8. The van der Waals surface area contributed by atoms with E-state index < -0.39 is 90.2 Å². The zero-order chi connectivity index (χ0) is 99.0. The molecule has 4 unspecified atom stereocenters. The minimum absolute atomic E-state index is 0. The molecule has 4 heterocycles. The number of hydrogen-bond acceptors (Lipinski definition) is 26. The molecule has 0 bridgehead atoms. The first-order valence-electron chi connectivity index (χ1n) is 39.7. The second kappa shape index (κ2) is 62.0. The van der Waals surface area contributed by atoms with Crippen molar-refractivity contribution < 1.29 is 99.9 Å². The maximum atomic E-state index is 9.26. The summed E-state index contributed by atoms with van der Waals surface area (Å²) in [6.45, 7) is 20.3. The van der Waals surface area contributed by atoms with Crippen molar-refractivity contribution in [2.45, 2.75) is 97.9 Å². The number of fused-ring (bicyclic) bond motifs is 16.